The van der Waals surface area contributed by atoms with Gasteiger partial charge in [0.2, 0.25) is 0 Å². The molecular weight excluding hydrogens is 288 g/mol. The normalized spacial score (nSPS) is 25.0. The predicted molar refractivity (Wildman–Crippen MR) is 76.7 cm³/mol. The summed E-state index contributed by atoms with van der Waals surface area (Å²) in [6.07, 6.45) is 4.41. The minimum atomic E-state index is -1.24. The molecule has 0 amide bonds. The lowest BCUT2D eigenvalue weighted by molar-refractivity contribution is -0.384. The Morgan fingerprint density at radius 3 is 2.91 bits per heavy atom. The van der Waals surface area contributed by atoms with Crippen molar-refractivity contribution in [3.8, 4) is 5.75 Å². The van der Waals surface area contributed by atoms with Gasteiger partial charge in [-0.15, -0.1) is 0 Å². The maximum atomic E-state index is 11.4. The van der Waals surface area contributed by atoms with Crippen molar-refractivity contribution < 1.29 is 19.6 Å². The Balaban J connectivity index is 2.16. The number of ether oxygens (including phenoxy) is 1. The molecule has 2 aliphatic rings. The van der Waals surface area contributed by atoms with Gasteiger partial charge in [0.25, 0.3) is 5.69 Å². The third-order valence-corrected chi connectivity index (χ3v) is 4.18. The number of carbonyl (C=O) groups excluding carboxylic acids is 1. The molecule has 22 heavy (non-hydrogen) atoms. The number of fused-ring (bicyclic) bond motifs is 3. The predicted octanol–water partition coefficient (Wildman–Crippen LogP) is 1.20. The Kier molecular flexibility index (Phi) is 3.48. The molecule has 0 unspecified atom stereocenters. The maximum Gasteiger partial charge on any atom is 0.296 e. The highest BCUT2D eigenvalue weighted by Gasteiger charge is 2.41. The molecule has 0 aromatic heterocycles. The lowest BCUT2D eigenvalue weighted by atomic mass is 9.79. The van der Waals surface area contributed by atoms with E-state index >= 15 is 0 Å². The van der Waals surface area contributed by atoms with Crippen LogP contribution < -0.4 is 15.2 Å². The number of nitrogens with one attached hydrogen (secondary N) is 1. The summed E-state index contributed by atoms with van der Waals surface area (Å²) >= 11 is 0. The summed E-state index contributed by atoms with van der Waals surface area (Å²) in [5, 5.41) is 25.5. The van der Waals surface area contributed by atoms with E-state index in [4.69, 9.17) is 4.74 Å². The second kappa shape index (κ2) is 5.32. The number of carbonyl (C=O) groups is 1. The van der Waals surface area contributed by atoms with E-state index in [1.165, 1.54) is 6.07 Å². The maximum absolute atomic E-state index is 11.4. The van der Waals surface area contributed by atoms with Gasteiger partial charge in [0.15, 0.2) is 0 Å². The molecule has 0 saturated heterocycles. The number of hydrogen-bond acceptors (Lipinski definition) is 6. The molecule has 3 rings (SSSR count). The number of rotatable bonds is 4. The van der Waals surface area contributed by atoms with E-state index < -0.39 is 16.9 Å². The van der Waals surface area contributed by atoms with Crippen LogP contribution >= 0.6 is 0 Å². The van der Waals surface area contributed by atoms with E-state index in [9.17, 15) is 20.0 Å². The van der Waals surface area contributed by atoms with Crippen LogP contribution in [0.15, 0.2) is 24.3 Å². The fourth-order valence-electron chi connectivity index (χ4n) is 3.28. The van der Waals surface area contributed by atoms with Crippen molar-refractivity contribution in [1.29, 1.82) is 0 Å². The van der Waals surface area contributed by atoms with E-state index in [0.29, 0.717) is 24.3 Å². The van der Waals surface area contributed by atoms with Crippen molar-refractivity contribution in [3.05, 3.63) is 40.0 Å². The van der Waals surface area contributed by atoms with Crippen LogP contribution in [0.2, 0.25) is 0 Å². The van der Waals surface area contributed by atoms with Gasteiger partial charge >= 0.3 is 0 Å². The van der Waals surface area contributed by atoms with Crippen molar-refractivity contribution in [2.45, 2.75) is 25.3 Å². The minimum Gasteiger partial charge on any atom is -0.548 e. The number of carboxylic acid groups (broad SMARTS) is 1. The number of carboxylic acids is 1. The van der Waals surface area contributed by atoms with Crippen LogP contribution in [0.5, 0.6) is 5.75 Å². The zero-order valence-electron chi connectivity index (χ0n) is 11.9. The Morgan fingerprint density at radius 2 is 2.27 bits per heavy atom. The molecule has 0 bridgehead atoms. The summed E-state index contributed by atoms with van der Waals surface area (Å²) in [4.78, 5) is 22.2. The van der Waals surface area contributed by atoms with Gasteiger partial charge in [-0.1, -0.05) is 12.2 Å². The van der Waals surface area contributed by atoms with Crippen molar-refractivity contribution >= 4 is 17.3 Å². The summed E-state index contributed by atoms with van der Waals surface area (Å²) in [5.74, 6) is -1.21. The van der Waals surface area contributed by atoms with Gasteiger partial charge in [-0.2, -0.15) is 0 Å². The first-order valence-electron chi connectivity index (χ1n) is 7.12. The highest BCUT2D eigenvalue weighted by molar-refractivity contribution is 5.82. The summed E-state index contributed by atoms with van der Waals surface area (Å²) in [6, 6.07) is 2.13. The van der Waals surface area contributed by atoms with Gasteiger partial charge < -0.3 is 20.0 Å². The molecular formula is C15H15N2O5-. The van der Waals surface area contributed by atoms with Crippen LogP contribution in [0.1, 0.15) is 24.8 Å². The van der Waals surface area contributed by atoms with Crippen LogP contribution in [0.3, 0.4) is 0 Å². The highest BCUT2D eigenvalue weighted by atomic mass is 16.6. The van der Waals surface area contributed by atoms with Gasteiger partial charge in [-0.3, -0.25) is 10.1 Å². The van der Waals surface area contributed by atoms with E-state index in [0.717, 1.165) is 0 Å². The fourth-order valence-corrected chi connectivity index (χ4v) is 3.28. The lowest BCUT2D eigenvalue weighted by Crippen LogP contribution is -2.49. The third kappa shape index (κ3) is 2.18. The quantitative estimate of drug-likeness (QED) is 0.509. The van der Waals surface area contributed by atoms with Crippen LogP contribution in [0.25, 0.3) is 0 Å². The summed E-state index contributed by atoms with van der Waals surface area (Å²) in [6.45, 7) is 2.20. The van der Waals surface area contributed by atoms with Crippen molar-refractivity contribution in [3.63, 3.8) is 0 Å². The lowest BCUT2D eigenvalue weighted by Gasteiger charge is -2.37. The second-order valence-corrected chi connectivity index (χ2v) is 5.39. The standard InChI is InChI=1S/C15H16N2O5/c1-2-22-8-6-11-9-4-3-5-10(9)14(15(18)19)16-13(11)12(7-8)17(20)21/h3-4,6-7,9-10,14,16H,2,5H2,1H3,(H,18,19)/p-1/t9-,10-,14+/m1/s1. The topological polar surface area (TPSA) is 105 Å². The Hall–Kier alpha value is -2.57. The number of benzene rings is 1. The summed E-state index contributed by atoms with van der Waals surface area (Å²) < 4.78 is 5.40. The van der Waals surface area contributed by atoms with Gasteiger partial charge in [-0.05, 0) is 30.9 Å². The number of nitro groups is 1. The summed E-state index contributed by atoms with van der Waals surface area (Å²) in [7, 11) is 0. The zero-order valence-corrected chi connectivity index (χ0v) is 11.9. The Morgan fingerprint density at radius 1 is 1.50 bits per heavy atom. The first kappa shape index (κ1) is 14.4. The molecule has 7 heteroatoms. The SMILES string of the molecule is CCOc1cc2c(c([N+](=O)[O-])c1)N[C@H](C(=O)[O-])[C@@H]1CC=C[C@@H]21. The molecule has 116 valence electrons. The molecule has 1 aliphatic heterocycles. The van der Waals surface area contributed by atoms with E-state index in [1.807, 2.05) is 12.2 Å². The Bertz CT molecular complexity index is 670. The van der Waals surface area contributed by atoms with Crippen LogP contribution in [-0.2, 0) is 4.79 Å². The smallest absolute Gasteiger partial charge is 0.296 e. The van der Waals surface area contributed by atoms with E-state index in [-0.39, 0.29) is 23.2 Å². The monoisotopic (exact) mass is 303 g/mol. The molecule has 0 spiro atoms. The highest BCUT2D eigenvalue weighted by Crippen LogP contribution is 2.49. The molecule has 1 heterocycles. The van der Waals surface area contributed by atoms with Crippen LogP contribution in [0, 0.1) is 16.0 Å². The van der Waals surface area contributed by atoms with Gasteiger partial charge in [0.1, 0.15) is 11.4 Å². The van der Waals surface area contributed by atoms with E-state index in [2.05, 4.69) is 5.32 Å². The fraction of sp³-hybridized carbons (Fsp3) is 0.400. The molecule has 1 N–H and O–H groups in total. The first-order valence-corrected chi connectivity index (χ1v) is 7.12. The minimum absolute atomic E-state index is 0.175. The number of aliphatic carboxylic acids is 1. The number of nitro benzene ring substituents is 1. The number of anilines is 1. The molecule has 1 aromatic carbocycles. The molecule has 7 nitrogen and oxygen atoms in total. The Labute approximate surface area is 126 Å². The van der Waals surface area contributed by atoms with Crippen LogP contribution in [0.4, 0.5) is 11.4 Å². The third-order valence-electron chi connectivity index (χ3n) is 4.18. The largest absolute Gasteiger partial charge is 0.548 e. The molecule has 0 fully saturated rings. The molecule has 1 aromatic rings. The zero-order chi connectivity index (χ0) is 15.9. The van der Waals surface area contributed by atoms with Gasteiger partial charge in [-0.25, -0.2) is 0 Å². The van der Waals surface area contributed by atoms with Crippen molar-refractivity contribution in [2.24, 2.45) is 5.92 Å². The number of allylic oxidation sites excluding steroid dienone is 2. The summed E-state index contributed by atoms with van der Waals surface area (Å²) in [5.41, 5.74) is 0.773. The molecule has 0 saturated carbocycles. The first-order chi connectivity index (χ1) is 10.5. The molecule has 3 atom stereocenters. The number of nitrogens with zero attached hydrogens (tertiary/aromatic N) is 1. The second-order valence-electron chi connectivity index (χ2n) is 5.39. The van der Waals surface area contributed by atoms with Gasteiger partial charge in [0, 0.05) is 5.92 Å². The van der Waals surface area contributed by atoms with E-state index in [1.54, 1.807) is 13.0 Å². The average molecular weight is 303 g/mol. The number of hydrogen-bond donors (Lipinski definition) is 1. The average Bonchev–Trinajstić information content (AvgIpc) is 2.95. The van der Waals surface area contributed by atoms with Gasteiger partial charge in [0.05, 0.1) is 29.6 Å². The van der Waals surface area contributed by atoms with Crippen molar-refractivity contribution in [1.82, 2.24) is 0 Å². The van der Waals surface area contributed by atoms with Crippen LogP contribution in [-0.4, -0.2) is 23.5 Å². The molecule has 1 aliphatic carbocycles. The molecule has 0 radical (unpaired) electrons. The van der Waals surface area contributed by atoms with Crippen molar-refractivity contribution in [2.75, 3.05) is 11.9 Å².